The Balaban J connectivity index is 1.10. The van der Waals surface area contributed by atoms with Gasteiger partial charge in [-0.2, -0.15) is 5.10 Å². The zero-order chi connectivity index (χ0) is 24.8. The molecule has 0 spiro atoms. The number of nitrogens with zero attached hydrogens (tertiary/aromatic N) is 3. The molecule has 4 aliphatic rings. The van der Waals surface area contributed by atoms with Crippen LogP contribution in [0.15, 0.2) is 12.1 Å². The maximum absolute atomic E-state index is 12.5. The Hall–Kier alpha value is -3.26. The first-order valence-corrected chi connectivity index (χ1v) is 11.2. The smallest absolute Gasteiger partial charge is 0.407 e. The molecule has 6 rings (SSSR count). The van der Waals surface area contributed by atoms with E-state index in [4.69, 9.17) is 14.2 Å². The van der Waals surface area contributed by atoms with Gasteiger partial charge < -0.3 is 30.0 Å². The quantitative estimate of drug-likeness (QED) is 0.408. The number of hydrogen-bond acceptors (Lipinski definition) is 8. The fourth-order valence-electron chi connectivity index (χ4n) is 5.21. The first-order valence-electron chi connectivity index (χ1n) is 11.2. The zero-order valence-corrected chi connectivity index (χ0v) is 18.9. The predicted molar refractivity (Wildman–Crippen MR) is 114 cm³/mol. The molecule has 0 radical (unpaired) electrons. The topological polar surface area (TPSA) is 153 Å². The monoisotopic (exact) mass is 496 g/mol. The van der Waals surface area contributed by atoms with Crippen LogP contribution in [0.5, 0.6) is 5.88 Å². The number of alkyl halides is 2. The van der Waals surface area contributed by atoms with Crippen LogP contribution in [0.4, 0.5) is 19.4 Å². The highest BCUT2D eigenvalue weighted by molar-refractivity contribution is 6.02. The number of carbonyl (C=O) groups is 2. The van der Waals surface area contributed by atoms with Crippen molar-refractivity contribution in [2.24, 2.45) is 12.5 Å². The summed E-state index contributed by atoms with van der Waals surface area (Å²) >= 11 is 0. The summed E-state index contributed by atoms with van der Waals surface area (Å²) in [5, 5.41) is 25.6. The highest BCUT2D eigenvalue weighted by atomic mass is 19.3. The molecular weight excluding hydrogens is 470 g/mol. The Bertz CT molecular complexity index is 1100. The number of H-pyrrole nitrogens is 1. The van der Waals surface area contributed by atoms with Crippen LogP contribution in [0.1, 0.15) is 48.0 Å². The van der Waals surface area contributed by atoms with Crippen LogP contribution in [-0.4, -0.2) is 75.0 Å². The number of rotatable bonds is 9. The van der Waals surface area contributed by atoms with Crippen LogP contribution in [0.3, 0.4) is 0 Å². The Labute approximate surface area is 198 Å². The molecule has 35 heavy (non-hydrogen) atoms. The van der Waals surface area contributed by atoms with Gasteiger partial charge in [0, 0.05) is 43.2 Å². The Morgan fingerprint density at radius 2 is 2.14 bits per heavy atom. The number of alkyl carbamates (subject to hydrolysis) is 1. The number of aromatic amines is 1. The van der Waals surface area contributed by atoms with Gasteiger partial charge in [-0.05, 0) is 19.3 Å². The Morgan fingerprint density at radius 1 is 1.37 bits per heavy atom. The number of aliphatic hydroxyl groups is 1. The van der Waals surface area contributed by atoms with Crippen molar-refractivity contribution in [2.45, 2.75) is 49.9 Å². The second-order valence-electron chi connectivity index (χ2n) is 9.53. The summed E-state index contributed by atoms with van der Waals surface area (Å²) in [5.74, 6) is -0.405. The molecule has 2 amide bonds. The van der Waals surface area contributed by atoms with Crippen LogP contribution in [0.25, 0.3) is 0 Å². The number of hydrogen-bond donors (Lipinski definition) is 4. The van der Waals surface area contributed by atoms with Gasteiger partial charge in [-0.3, -0.25) is 14.6 Å². The number of aryl methyl sites for hydroxylation is 1. The van der Waals surface area contributed by atoms with Crippen molar-refractivity contribution in [1.82, 2.24) is 25.3 Å². The van der Waals surface area contributed by atoms with Gasteiger partial charge >= 0.3 is 6.09 Å². The van der Waals surface area contributed by atoms with E-state index in [1.54, 1.807) is 6.07 Å². The van der Waals surface area contributed by atoms with Gasteiger partial charge in [0.1, 0.15) is 17.9 Å². The number of aliphatic hydroxyl groups excluding tert-OH is 1. The Kier molecular flexibility index (Phi) is 5.87. The molecule has 3 aliphatic carbocycles. The second-order valence-corrected chi connectivity index (χ2v) is 9.53. The molecule has 3 saturated carbocycles. The van der Waals surface area contributed by atoms with E-state index in [1.807, 2.05) is 0 Å². The number of halogens is 2. The van der Waals surface area contributed by atoms with Crippen LogP contribution in [-0.2, 0) is 16.5 Å². The normalized spacial score (nSPS) is 28.8. The lowest BCUT2D eigenvalue weighted by Gasteiger charge is -2.69. The molecule has 4 fully saturated rings. The number of anilines is 1. The lowest BCUT2D eigenvalue weighted by Crippen LogP contribution is -2.75. The number of ether oxygens (including phenoxy) is 3. The molecule has 0 aromatic carbocycles. The third kappa shape index (κ3) is 4.67. The number of nitrogens with one attached hydrogen (secondary N) is 3. The molecule has 2 aromatic rings. The van der Waals surface area contributed by atoms with E-state index in [9.17, 15) is 23.5 Å². The van der Waals surface area contributed by atoms with Gasteiger partial charge in [-0.15, -0.1) is 5.10 Å². The summed E-state index contributed by atoms with van der Waals surface area (Å²) in [6.45, 7) is -0.447. The second kappa shape index (κ2) is 8.75. The third-order valence-corrected chi connectivity index (χ3v) is 6.71. The Morgan fingerprint density at radius 3 is 2.86 bits per heavy atom. The zero-order valence-electron chi connectivity index (χ0n) is 18.9. The maximum atomic E-state index is 12.5. The van der Waals surface area contributed by atoms with Crippen molar-refractivity contribution in [2.75, 3.05) is 25.1 Å². The van der Waals surface area contributed by atoms with Crippen molar-refractivity contribution < 1.29 is 37.7 Å². The molecule has 3 heterocycles. The van der Waals surface area contributed by atoms with Crippen molar-refractivity contribution in [3.63, 3.8) is 0 Å². The van der Waals surface area contributed by atoms with Gasteiger partial charge in [-0.25, -0.2) is 13.6 Å². The lowest BCUT2D eigenvalue weighted by atomic mass is 9.40. The first-order chi connectivity index (χ1) is 16.7. The number of aromatic nitrogens is 4. The maximum Gasteiger partial charge on any atom is 0.407 e. The van der Waals surface area contributed by atoms with E-state index >= 15 is 0 Å². The molecule has 12 nitrogen and oxygen atoms in total. The van der Waals surface area contributed by atoms with Gasteiger partial charge in [-0.1, -0.05) is 0 Å². The predicted octanol–water partition coefficient (Wildman–Crippen LogP) is 1.51. The van der Waals surface area contributed by atoms with Gasteiger partial charge in [0.15, 0.2) is 12.4 Å². The van der Waals surface area contributed by atoms with Crippen molar-refractivity contribution in [3.8, 4) is 5.88 Å². The van der Waals surface area contributed by atoms with Crippen molar-refractivity contribution in [1.29, 1.82) is 0 Å². The standard InChI is InChI=1S/C21H26F2N6O6/c1-29-13(4-17(28-29)34-6-15(22)23)18(31)24-16-3-12(26-27-16)14-2-11(5-33-14)35-19(32)25-21-7-20(8-21,9-21)10-30/h3-4,11,14-15,30H,2,5-10H2,1H3,(H,25,32)(H2,24,26,27,31)/t11-,14-,20?,21?/m1/s1. The molecule has 190 valence electrons. The van der Waals surface area contributed by atoms with Gasteiger partial charge in [0.2, 0.25) is 5.88 Å². The lowest BCUT2D eigenvalue weighted by molar-refractivity contribution is -0.174. The highest BCUT2D eigenvalue weighted by Crippen LogP contribution is 2.66. The van der Waals surface area contributed by atoms with Crippen molar-refractivity contribution >= 4 is 17.8 Å². The summed E-state index contributed by atoms with van der Waals surface area (Å²) in [7, 11) is 1.49. The van der Waals surface area contributed by atoms with Crippen LogP contribution >= 0.6 is 0 Å². The van der Waals surface area contributed by atoms with Crippen LogP contribution in [0, 0.1) is 5.41 Å². The number of carbonyl (C=O) groups excluding carboxylic acids is 2. The molecule has 2 atom stereocenters. The van der Waals surface area contributed by atoms with Gasteiger partial charge in [0.25, 0.3) is 12.3 Å². The number of amides is 2. The van der Waals surface area contributed by atoms with Crippen LogP contribution in [0.2, 0.25) is 0 Å². The van der Waals surface area contributed by atoms with Gasteiger partial charge in [0.05, 0.1) is 12.3 Å². The molecule has 1 saturated heterocycles. The summed E-state index contributed by atoms with van der Waals surface area (Å²) < 4.78 is 41.9. The molecule has 2 aromatic heterocycles. The summed E-state index contributed by atoms with van der Waals surface area (Å²) in [6, 6.07) is 2.86. The van der Waals surface area contributed by atoms with E-state index in [0.29, 0.717) is 12.1 Å². The minimum atomic E-state index is -2.65. The first kappa shape index (κ1) is 23.5. The molecular formula is C21H26F2N6O6. The molecule has 1 aliphatic heterocycles. The molecule has 14 heteroatoms. The largest absolute Gasteiger partial charge is 0.471 e. The summed E-state index contributed by atoms with van der Waals surface area (Å²) in [6.07, 6.45) is -1.21. The highest BCUT2D eigenvalue weighted by Gasteiger charge is 2.68. The van der Waals surface area contributed by atoms with E-state index in [2.05, 4.69) is 25.9 Å². The van der Waals surface area contributed by atoms with Crippen molar-refractivity contribution in [3.05, 3.63) is 23.5 Å². The van der Waals surface area contributed by atoms with E-state index in [-0.39, 0.29) is 41.6 Å². The van der Waals surface area contributed by atoms with E-state index in [1.165, 1.54) is 17.8 Å². The van der Waals surface area contributed by atoms with E-state index in [0.717, 1.165) is 19.3 Å². The summed E-state index contributed by atoms with van der Waals surface area (Å²) in [4.78, 5) is 24.8. The van der Waals surface area contributed by atoms with E-state index < -0.39 is 37.2 Å². The molecule has 2 bridgehead atoms. The average molecular weight is 496 g/mol. The average Bonchev–Trinajstić information content (AvgIpc) is 3.48. The third-order valence-electron chi connectivity index (χ3n) is 6.71. The molecule has 0 unspecified atom stereocenters. The summed E-state index contributed by atoms with van der Waals surface area (Å²) in [5.41, 5.74) is 0.453. The fraction of sp³-hybridized carbons (Fsp3) is 0.619. The van der Waals surface area contributed by atoms with Crippen LogP contribution < -0.4 is 15.4 Å². The molecule has 4 N–H and O–H groups in total. The fourth-order valence-corrected chi connectivity index (χ4v) is 5.21. The minimum Gasteiger partial charge on any atom is -0.471 e. The SMILES string of the molecule is Cn1nc(OCC(F)F)cc1C(=O)Nc1cc([C@H]2C[C@@H](OC(=O)NC34CC(CO)(C3)C4)CO2)[nH]n1. The minimum absolute atomic E-state index is 0.0102.